The minimum absolute atomic E-state index is 0.0135. The van der Waals surface area contributed by atoms with Crippen LogP contribution >= 0.6 is 0 Å². The van der Waals surface area contributed by atoms with E-state index in [0.29, 0.717) is 35.9 Å². The molecule has 7 nitrogen and oxygen atoms in total. The van der Waals surface area contributed by atoms with Crippen LogP contribution < -0.4 is 5.56 Å². The Morgan fingerprint density at radius 1 is 1.04 bits per heavy atom. The summed E-state index contributed by atoms with van der Waals surface area (Å²) in [4.78, 5) is 42.2. The molecule has 0 aromatic carbocycles. The standard InChI is InChI=1S/C20H19N5O2/c26-18-13-17(16-3-1-2-8-22-16)23-19(24-18)14-6-11-25(12-7-14)20(27)15-4-9-21-10-5-15/h1-5,8-10,13-14H,6-7,11-12H2,(H,23,24,26). The molecule has 0 saturated carbocycles. The van der Waals surface area contributed by atoms with Gasteiger partial charge in [-0.2, -0.15) is 0 Å². The van der Waals surface area contributed by atoms with Gasteiger partial charge in [0.1, 0.15) is 5.82 Å². The summed E-state index contributed by atoms with van der Waals surface area (Å²) < 4.78 is 0. The summed E-state index contributed by atoms with van der Waals surface area (Å²) >= 11 is 0. The first-order chi connectivity index (χ1) is 13.2. The predicted octanol–water partition coefficient (Wildman–Crippen LogP) is 2.25. The smallest absolute Gasteiger partial charge is 0.253 e. The third-order valence-electron chi connectivity index (χ3n) is 4.78. The average molecular weight is 361 g/mol. The van der Waals surface area contributed by atoms with Crippen LogP contribution in [0.3, 0.4) is 0 Å². The first-order valence-electron chi connectivity index (χ1n) is 8.92. The largest absolute Gasteiger partial charge is 0.339 e. The number of hydrogen-bond donors (Lipinski definition) is 1. The molecule has 3 aromatic rings. The quantitative estimate of drug-likeness (QED) is 0.772. The summed E-state index contributed by atoms with van der Waals surface area (Å²) in [6.45, 7) is 1.26. The van der Waals surface area contributed by atoms with E-state index in [1.807, 2.05) is 23.1 Å². The maximum Gasteiger partial charge on any atom is 0.253 e. The van der Waals surface area contributed by atoms with E-state index in [0.717, 1.165) is 12.8 Å². The summed E-state index contributed by atoms with van der Waals surface area (Å²) in [5.74, 6) is 0.793. The Morgan fingerprint density at radius 2 is 1.81 bits per heavy atom. The van der Waals surface area contributed by atoms with E-state index in [2.05, 4.69) is 19.9 Å². The second-order valence-electron chi connectivity index (χ2n) is 6.53. The maximum atomic E-state index is 12.6. The number of carbonyl (C=O) groups excluding carboxylic acids is 1. The number of nitrogens with one attached hydrogen (secondary N) is 1. The molecule has 0 spiro atoms. The lowest BCUT2D eigenvalue weighted by Gasteiger charge is -2.31. The molecule has 1 amide bonds. The zero-order chi connectivity index (χ0) is 18.6. The molecule has 3 aromatic heterocycles. The molecule has 1 fully saturated rings. The molecule has 1 aliphatic heterocycles. The SMILES string of the molecule is O=C(c1ccncc1)N1CCC(c2nc(-c3ccccn3)cc(=O)[nH]2)CC1. The normalized spacial score (nSPS) is 14.9. The van der Waals surface area contributed by atoms with Gasteiger partial charge in [-0.15, -0.1) is 0 Å². The summed E-state index contributed by atoms with van der Waals surface area (Å²) in [6, 6.07) is 10.4. The lowest BCUT2D eigenvalue weighted by molar-refractivity contribution is 0.0711. The van der Waals surface area contributed by atoms with Crippen LogP contribution in [-0.2, 0) is 0 Å². The Hall–Kier alpha value is -3.35. The zero-order valence-electron chi connectivity index (χ0n) is 14.7. The maximum absolute atomic E-state index is 12.6. The highest BCUT2D eigenvalue weighted by Gasteiger charge is 2.26. The molecule has 0 unspecified atom stereocenters. The number of aromatic nitrogens is 4. The molecule has 0 atom stereocenters. The molecule has 1 aliphatic rings. The van der Waals surface area contributed by atoms with Crippen LogP contribution in [0, 0.1) is 0 Å². The topological polar surface area (TPSA) is 91.8 Å². The molecule has 27 heavy (non-hydrogen) atoms. The highest BCUT2D eigenvalue weighted by molar-refractivity contribution is 5.94. The van der Waals surface area contributed by atoms with E-state index < -0.39 is 0 Å². The molecule has 1 saturated heterocycles. The van der Waals surface area contributed by atoms with E-state index in [9.17, 15) is 9.59 Å². The average Bonchev–Trinajstić information content (AvgIpc) is 2.74. The van der Waals surface area contributed by atoms with Crippen molar-refractivity contribution in [3.05, 3.63) is 76.7 Å². The van der Waals surface area contributed by atoms with Crippen molar-refractivity contribution in [1.29, 1.82) is 0 Å². The molecular weight excluding hydrogens is 342 g/mol. The number of likely N-dealkylation sites (tertiary alicyclic amines) is 1. The van der Waals surface area contributed by atoms with Gasteiger partial charge >= 0.3 is 0 Å². The summed E-state index contributed by atoms with van der Waals surface area (Å²) in [7, 11) is 0. The van der Waals surface area contributed by atoms with E-state index >= 15 is 0 Å². The van der Waals surface area contributed by atoms with Crippen molar-refractivity contribution in [2.45, 2.75) is 18.8 Å². The van der Waals surface area contributed by atoms with Gasteiger partial charge in [0.25, 0.3) is 11.5 Å². The van der Waals surface area contributed by atoms with E-state index in [4.69, 9.17) is 0 Å². The van der Waals surface area contributed by atoms with Gasteiger partial charge in [0, 0.05) is 49.2 Å². The summed E-state index contributed by atoms with van der Waals surface area (Å²) in [5.41, 5.74) is 1.71. The fourth-order valence-corrected chi connectivity index (χ4v) is 3.35. The summed E-state index contributed by atoms with van der Waals surface area (Å²) in [6.07, 6.45) is 6.44. The molecular formula is C20H19N5O2. The van der Waals surface area contributed by atoms with Gasteiger partial charge in [-0.3, -0.25) is 19.6 Å². The van der Waals surface area contributed by atoms with Crippen LogP contribution in [0.2, 0.25) is 0 Å². The van der Waals surface area contributed by atoms with Crippen molar-refractivity contribution >= 4 is 5.91 Å². The van der Waals surface area contributed by atoms with Crippen molar-refractivity contribution < 1.29 is 4.79 Å². The van der Waals surface area contributed by atoms with Crippen molar-refractivity contribution in [1.82, 2.24) is 24.8 Å². The number of aromatic amines is 1. The van der Waals surface area contributed by atoms with Crippen LogP contribution in [-0.4, -0.2) is 43.8 Å². The van der Waals surface area contributed by atoms with Gasteiger partial charge in [0.05, 0.1) is 11.4 Å². The molecule has 1 N–H and O–H groups in total. The first-order valence-corrected chi connectivity index (χ1v) is 8.92. The van der Waals surface area contributed by atoms with Gasteiger partial charge in [-0.25, -0.2) is 4.98 Å². The van der Waals surface area contributed by atoms with Crippen molar-refractivity contribution in [2.24, 2.45) is 0 Å². The van der Waals surface area contributed by atoms with Gasteiger partial charge in [0.2, 0.25) is 0 Å². The second-order valence-corrected chi connectivity index (χ2v) is 6.53. The number of carbonyl (C=O) groups is 1. The fourth-order valence-electron chi connectivity index (χ4n) is 3.35. The van der Waals surface area contributed by atoms with E-state index in [-0.39, 0.29) is 17.4 Å². The monoisotopic (exact) mass is 361 g/mol. The van der Waals surface area contributed by atoms with Gasteiger partial charge in [0.15, 0.2) is 0 Å². The Labute approximate surface area is 156 Å². The highest BCUT2D eigenvalue weighted by atomic mass is 16.2. The lowest BCUT2D eigenvalue weighted by Crippen LogP contribution is -2.38. The molecule has 136 valence electrons. The lowest BCUT2D eigenvalue weighted by atomic mass is 9.95. The van der Waals surface area contributed by atoms with Crippen molar-refractivity contribution in [2.75, 3.05) is 13.1 Å². The number of hydrogen-bond acceptors (Lipinski definition) is 5. The number of pyridine rings is 2. The predicted molar refractivity (Wildman–Crippen MR) is 100 cm³/mol. The number of nitrogens with zero attached hydrogens (tertiary/aromatic N) is 4. The Kier molecular flexibility index (Phi) is 4.74. The Bertz CT molecular complexity index is 980. The number of rotatable bonds is 3. The second kappa shape index (κ2) is 7.49. The van der Waals surface area contributed by atoms with Crippen molar-refractivity contribution in [3.8, 4) is 11.4 Å². The van der Waals surface area contributed by atoms with E-state index in [1.165, 1.54) is 6.07 Å². The minimum atomic E-state index is -0.184. The molecule has 0 radical (unpaired) electrons. The highest BCUT2D eigenvalue weighted by Crippen LogP contribution is 2.27. The fraction of sp³-hybridized carbons (Fsp3) is 0.250. The van der Waals surface area contributed by atoms with Crippen LogP contribution in [0.15, 0.2) is 59.8 Å². The third kappa shape index (κ3) is 3.76. The van der Waals surface area contributed by atoms with Crippen LogP contribution in [0.25, 0.3) is 11.4 Å². The van der Waals surface area contributed by atoms with E-state index in [1.54, 1.807) is 30.7 Å². The first kappa shape index (κ1) is 17.1. The minimum Gasteiger partial charge on any atom is -0.339 e. The molecule has 4 heterocycles. The van der Waals surface area contributed by atoms with Crippen LogP contribution in [0.5, 0.6) is 0 Å². The van der Waals surface area contributed by atoms with Crippen molar-refractivity contribution in [3.63, 3.8) is 0 Å². The van der Waals surface area contributed by atoms with Gasteiger partial charge in [-0.1, -0.05) is 6.07 Å². The molecule has 7 heteroatoms. The van der Waals surface area contributed by atoms with Gasteiger partial charge in [-0.05, 0) is 37.1 Å². The zero-order valence-corrected chi connectivity index (χ0v) is 14.7. The van der Waals surface area contributed by atoms with Crippen LogP contribution in [0.1, 0.15) is 34.9 Å². The molecule has 0 bridgehead atoms. The Morgan fingerprint density at radius 3 is 2.52 bits per heavy atom. The molecule has 4 rings (SSSR count). The van der Waals surface area contributed by atoms with Crippen LogP contribution in [0.4, 0.5) is 0 Å². The number of H-pyrrole nitrogens is 1. The molecule has 0 aliphatic carbocycles. The number of amides is 1. The van der Waals surface area contributed by atoms with Gasteiger partial charge < -0.3 is 9.88 Å². The summed E-state index contributed by atoms with van der Waals surface area (Å²) in [5, 5.41) is 0. The Balaban J connectivity index is 1.49. The number of piperidine rings is 1. The third-order valence-corrected chi connectivity index (χ3v) is 4.78.